The summed E-state index contributed by atoms with van der Waals surface area (Å²) in [4.78, 5) is 11.1. The molecule has 6 heteroatoms. The van der Waals surface area contributed by atoms with E-state index in [4.69, 9.17) is 19.5 Å². The third-order valence-electron chi connectivity index (χ3n) is 3.39. The van der Waals surface area contributed by atoms with Crippen molar-refractivity contribution in [1.29, 1.82) is 5.26 Å². The van der Waals surface area contributed by atoms with Gasteiger partial charge < -0.3 is 18.9 Å². The summed E-state index contributed by atoms with van der Waals surface area (Å²) < 4.78 is 21.1. The molecule has 0 heterocycles. The highest BCUT2D eigenvalue weighted by molar-refractivity contribution is 5.87. The van der Waals surface area contributed by atoms with Gasteiger partial charge in [0.1, 0.15) is 19.0 Å². The number of methoxy groups -OCH3 is 2. The second-order valence-corrected chi connectivity index (χ2v) is 5.10. The van der Waals surface area contributed by atoms with Crippen LogP contribution in [-0.4, -0.2) is 33.4 Å². The Labute approximate surface area is 152 Å². The van der Waals surface area contributed by atoms with Crippen LogP contribution in [0.2, 0.25) is 0 Å². The SMILES string of the molecule is COC(=O)/C=C/c1ccc(OCCOc2ccc(C#N)cc2)c(OC)c1. The number of nitrogens with zero attached hydrogens (tertiary/aromatic N) is 1. The van der Waals surface area contributed by atoms with Crippen molar-refractivity contribution in [3.8, 4) is 23.3 Å². The zero-order chi connectivity index (χ0) is 18.8. The molecular formula is C20H19NO5. The van der Waals surface area contributed by atoms with Gasteiger partial charge in [0.2, 0.25) is 0 Å². The molecule has 0 spiro atoms. The van der Waals surface area contributed by atoms with Crippen LogP contribution in [0.25, 0.3) is 6.08 Å². The fraction of sp³-hybridized carbons (Fsp3) is 0.200. The lowest BCUT2D eigenvalue weighted by molar-refractivity contribution is -0.134. The van der Waals surface area contributed by atoms with Gasteiger partial charge in [-0.2, -0.15) is 5.26 Å². The van der Waals surface area contributed by atoms with E-state index in [1.54, 1.807) is 55.7 Å². The number of hydrogen-bond acceptors (Lipinski definition) is 6. The third kappa shape index (κ3) is 5.56. The number of carbonyl (C=O) groups is 1. The van der Waals surface area contributed by atoms with Crippen LogP contribution in [-0.2, 0) is 9.53 Å². The van der Waals surface area contributed by atoms with E-state index in [1.807, 2.05) is 0 Å². The molecule has 0 aliphatic carbocycles. The molecular weight excluding hydrogens is 334 g/mol. The molecule has 0 aromatic heterocycles. The van der Waals surface area contributed by atoms with E-state index in [2.05, 4.69) is 10.8 Å². The molecule has 6 nitrogen and oxygen atoms in total. The first kappa shape index (κ1) is 18.9. The number of esters is 1. The predicted molar refractivity (Wildman–Crippen MR) is 96.2 cm³/mol. The average molecular weight is 353 g/mol. The summed E-state index contributed by atoms with van der Waals surface area (Å²) in [5, 5.41) is 8.76. The largest absolute Gasteiger partial charge is 0.493 e. The van der Waals surface area contributed by atoms with Crippen molar-refractivity contribution >= 4 is 12.0 Å². The smallest absolute Gasteiger partial charge is 0.330 e. The molecule has 2 aromatic rings. The number of ether oxygens (including phenoxy) is 4. The van der Waals surface area contributed by atoms with E-state index in [1.165, 1.54) is 13.2 Å². The van der Waals surface area contributed by atoms with Crippen LogP contribution in [0.4, 0.5) is 0 Å². The van der Waals surface area contributed by atoms with Crippen molar-refractivity contribution < 1.29 is 23.7 Å². The molecule has 134 valence electrons. The summed E-state index contributed by atoms with van der Waals surface area (Å²) >= 11 is 0. The average Bonchev–Trinajstić information content (AvgIpc) is 2.70. The van der Waals surface area contributed by atoms with Crippen LogP contribution < -0.4 is 14.2 Å². The lowest BCUT2D eigenvalue weighted by Crippen LogP contribution is -2.09. The number of nitriles is 1. The van der Waals surface area contributed by atoms with Crippen molar-refractivity contribution in [3.05, 3.63) is 59.7 Å². The first-order valence-corrected chi connectivity index (χ1v) is 7.86. The Kier molecular flexibility index (Phi) is 7.07. The number of benzene rings is 2. The Morgan fingerprint density at radius 2 is 1.77 bits per heavy atom. The van der Waals surface area contributed by atoms with E-state index in [9.17, 15) is 4.79 Å². The molecule has 0 radical (unpaired) electrons. The molecule has 0 unspecified atom stereocenters. The van der Waals surface area contributed by atoms with Gasteiger partial charge in [0, 0.05) is 6.08 Å². The Hall–Kier alpha value is -3.46. The number of hydrogen-bond donors (Lipinski definition) is 0. The van der Waals surface area contributed by atoms with Crippen LogP contribution in [0.3, 0.4) is 0 Å². The van der Waals surface area contributed by atoms with Gasteiger partial charge in [-0.1, -0.05) is 6.07 Å². The Morgan fingerprint density at radius 3 is 2.42 bits per heavy atom. The molecule has 0 bridgehead atoms. The van der Waals surface area contributed by atoms with Gasteiger partial charge in [-0.15, -0.1) is 0 Å². The molecule has 2 aromatic carbocycles. The van der Waals surface area contributed by atoms with E-state index >= 15 is 0 Å². The van der Waals surface area contributed by atoms with Crippen molar-refractivity contribution in [1.82, 2.24) is 0 Å². The molecule has 0 atom stereocenters. The quantitative estimate of drug-likeness (QED) is 0.412. The lowest BCUT2D eigenvalue weighted by atomic mass is 10.2. The number of rotatable bonds is 8. The predicted octanol–water partition coefficient (Wildman–Crippen LogP) is 3.21. The number of carbonyl (C=O) groups excluding carboxylic acids is 1. The first-order chi connectivity index (χ1) is 12.7. The van der Waals surface area contributed by atoms with Gasteiger partial charge in [-0.05, 0) is 48.0 Å². The summed E-state index contributed by atoms with van der Waals surface area (Å²) in [6, 6.07) is 14.2. The summed E-state index contributed by atoms with van der Waals surface area (Å²) in [7, 11) is 2.87. The standard InChI is InChI=1S/C20H19NO5/c1-23-19-13-15(6-10-20(22)24-2)5-9-18(19)26-12-11-25-17-7-3-16(14-21)4-8-17/h3-10,13H,11-12H2,1-2H3/b10-6+. The van der Waals surface area contributed by atoms with Crippen molar-refractivity contribution in [2.45, 2.75) is 0 Å². The highest BCUT2D eigenvalue weighted by atomic mass is 16.5. The van der Waals surface area contributed by atoms with Crippen molar-refractivity contribution in [2.75, 3.05) is 27.4 Å². The van der Waals surface area contributed by atoms with Gasteiger partial charge in [0.25, 0.3) is 0 Å². The van der Waals surface area contributed by atoms with Crippen LogP contribution in [0.1, 0.15) is 11.1 Å². The van der Waals surface area contributed by atoms with Gasteiger partial charge in [0.05, 0.1) is 25.9 Å². The summed E-state index contributed by atoms with van der Waals surface area (Å²) in [5.41, 5.74) is 1.37. The Balaban J connectivity index is 1.89. The molecule has 2 rings (SSSR count). The van der Waals surface area contributed by atoms with E-state index in [-0.39, 0.29) is 0 Å². The highest BCUT2D eigenvalue weighted by Gasteiger charge is 2.05. The maximum Gasteiger partial charge on any atom is 0.330 e. The summed E-state index contributed by atoms with van der Waals surface area (Å²) in [6.07, 6.45) is 2.97. The zero-order valence-electron chi connectivity index (χ0n) is 14.6. The fourth-order valence-corrected chi connectivity index (χ4v) is 2.08. The van der Waals surface area contributed by atoms with Crippen LogP contribution in [0.5, 0.6) is 17.2 Å². The summed E-state index contributed by atoms with van der Waals surface area (Å²) in [5.74, 6) is 1.37. The monoisotopic (exact) mass is 353 g/mol. The molecule has 0 saturated heterocycles. The maximum absolute atomic E-state index is 11.1. The second-order valence-electron chi connectivity index (χ2n) is 5.10. The third-order valence-corrected chi connectivity index (χ3v) is 3.39. The Morgan fingerprint density at radius 1 is 1.04 bits per heavy atom. The summed E-state index contributed by atoms with van der Waals surface area (Å²) in [6.45, 7) is 0.673. The minimum atomic E-state index is -0.427. The fourth-order valence-electron chi connectivity index (χ4n) is 2.08. The molecule has 0 amide bonds. The van der Waals surface area contributed by atoms with E-state index < -0.39 is 5.97 Å². The van der Waals surface area contributed by atoms with E-state index in [0.717, 1.165) is 5.56 Å². The molecule has 26 heavy (non-hydrogen) atoms. The van der Waals surface area contributed by atoms with Gasteiger partial charge in [-0.3, -0.25) is 0 Å². The first-order valence-electron chi connectivity index (χ1n) is 7.86. The van der Waals surface area contributed by atoms with Crippen molar-refractivity contribution in [2.24, 2.45) is 0 Å². The second kappa shape index (κ2) is 9.74. The maximum atomic E-state index is 11.1. The van der Waals surface area contributed by atoms with Crippen LogP contribution >= 0.6 is 0 Å². The molecule has 0 aliphatic rings. The minimum Gasteiger partial charge on any atom is -0.493 e. The van der Waals surface area contributed by atoms with Gasteiger partial charge >= 0.3 is 5.97 Å². The van der Waals surface area contributed by atoms with E-state index in [0.29, 0.717) is 36.0 Å². The van der Waals surface area contributed by atoms with Crippen LogP contribution in [0, 0.1) is 11.3 Å². The topological polar surface area (TPSA) is 77.8 Å². The molecule has 0 fully saturated rings. The van der Waals surface area contributed by atoms with Crippen molar-refractivity contribution in [3.63, 3.8) is 0 Å². The molecule has 0 saturated carbocycles. The molecule has 0 N–H and O–H groups in total. The Bertz CT molecular complexity index is 806. The molecule has 0 aliphatic heterocycles. The lowest BCUT2D eigenvalue weighted by Gasteiger charge is -2.12. The normalized spacial score (nSPS) is 10.2. The van der Waals surface area contributed by atoms with Gasteiger partial charge in [-0.25, -0.2) is 4.79 Å². The highest BCUT2D eigenvalue weighted by Crippen LogP contribution is 2.28. The zero-order valence-corrected chi connectivity index (χ0v) is 14.6. The van der Waals surface area contributed by atoms with Gasteiger partial charge in [0.15, 0.2) is 11.5 Å². The minimum absolute atomic E-state index is 0.327. The van der Waals surface area contributed by atoms with Crippen LogP contribution in [0.15, 0.2) is 48.5 Å².